The Hall–Kier alpha value is -3.40. The number of carbonyl (C=O) groups is 1. The summed E-state index contributed by atoms with van der Waals surface area (Å²) in [5.74, 6) is -0.329. The summed E-state index contributed by atoms with van der Waals surface area (Å²) in [6.07, 6.45) is 1.70. The number of fused-ring (bicyclic) bond motifs is 1. The summed E-state index contributed by atoms with van der Waals surface area (Å²) in [5.41, 5.74) is -0.439. The van der Waals surface area contributed by atoms with Crippen LogP contribution in [0.4, 0.5) is 4.39 Å². The largest absolute Gasteiger partial charge is 0.503 e. The highest BCUT2D eigenvalue weighted by Gasteiger charge is 2.29. The van der Waals surface area contributed by atoms with E-state index in [1.54, 1.807) is 6.26 Å². The van der Waals surface area contributed by atoms with Crippen LogP contribution in [-0.2, 0) is 15.6 Å². The number of carbonyl (C=O) groups excluding carboxylic acids is 1. The van der Waals surface area contributed by atoms with E-state index in [1.165, 1.54) is 39.5 Å². The van der Waals surface area contributed by atoms with Crippen molar-refractivity contribution in [3.8, 4) is 23.0 Å². The van der Waals surface area contributed by atoms with E-state index in [9.17, 15) is 19.1 Å². The Morgan fingerprint density at radius 3 is 2.34 bits per heavy atom. The van der Waals surface area contributed by atoms with Gasteiger partial charge in [0.15, 0.2) is 17.2 Å². The monoisotopic (exact) mass is 465 g/mol. The van der Waals surface area contributed by atoms with E-state index in [4.69, 9.17) is 23.4 Å². The molecule has 0 bridgehead atoms. The number of benzene rings is 2. The molecule has 0 radical (unpaired) electrons. The van der Waals surface area contributed by atoms with Crippen molar-refractivity contribution in [3.05, 3.63) is 52.1 Å². The summed E-state index contributed by atoms with van der Waals surface area (Å²) in [6, 6.07) is 6.45. The standard InChI is InChI=1S/C22H21FO8S/c1-27-16-9-12(10-17(28-2)19(16)29-3)21(25)30-7-8-32(4)20-18(24)14-11-13(23)5-6-15(14)31-22(20)26/h5-6,9-11H,7-8H2,1-4H3/p+1. The fourth-order valence-electron chi connectivity index (χ4n) is 3.09. The van der Waals surface area contributed by atoms with Crippen LogP contribution in [0.25, 0.3) is 11.0 Å². The molecule has 1 aromatic heterocycles. The second-order valence-electron chi connectivity index (χ2n) is 6.60. The molecular weight excluding hydrogens is 443 g/mol. The molecule has 0 spiro atoms. The van der Waals surface area contributed by atoms with Crippen molar-refractivity contribution in [3.63, 3.8) is 0 Å². The van der Waals surface area contributed by atoms with Gasteiger partial charge in [0.25, 0.3) is 4.90 Å². The van der Waals surface area contributed by atoms with Gasteiger partial charge < -0.3 is 28.5 Å². The molecule has 0 aliphatic rings. The summed E-state index contributed by atoms with van der Waals surface area (Å²) in [6.45, 7) is -0.0326. The highest BCUT2D eigenvalue weighted by atomic mass is 32.2. The van der Waals surface area contributed by atoms with E-state index in [-0.39, 0.29) is 39.5 Å². The molecule has 0 fully saturated rings. The third-order valence-corrected chi connectivity index (χ3v) is 6.51. The Labute approximate surface area is 185 Å². The second kappa shape index (κ2) is 9.82. The summed E-state index contributed by atoms with van der Waals surface area (Å²) in [4.78, 5) is 24.9. The van der Waals surface area contributed by atoms with E-state index in [1.807, 2.05) is 0 Å². The molecule has 0 aliphatic carbocycles. The highest BCUT2D eigenvalue weighted by molar-refractivity contribution is 7.96. The first-order valence-electron chi connectivity index (χ1n) is 9.35. The van der Waals surface area contributed by atoms with Gasteiger partial charge in [-0.05, 0) is 30.3 Å². The van der Waals surface area contributed by atoms with Crippen LogP contribution in [0, 0.1) is 5.82 Å². The second-order valence-corrected chi connectivity index (χ2v) is 8.69. The first-order valence-corrected chi connectivity index (χ1v) is 11.2. The summed E-state index contributed by atoms with van der Waals surface area (Å²) in [5, 5.41) is 10.6. The van der Waals surface area contributed by atoms with Gasteiger partial charge in [0.05, 0.1) is 32.3 Å². The quantitative estimate of drug-likeness (QED) is 0.307. The lowest BCUT2D eigenvalue weighted by atomic mass is 10.2. The Morgan fingerprint density at radius 2 is 1.75 bits per heavy atom. The predicted molar refractivity (Wildman–Crippen MR) is 117 cm³/mol. The van der Waals surface area contributed by atoms with Crippen molar-refractivity contribution in [2.24, 2.45) is 0 Å². The van der Waals surface area contributed by atoms with Gasteiger partial charge >= 0.3 is 11.6 Å². The molecule has 8 nitrogen and oxygen atoms in total. The van der Waals surface area contributed by atoms with Crippen molar-refractivity contribution in [2.45, 2.75) is 4.90 Å². The molecule has 32 heavy (non-hydrogen) atoms. The van der Waals surface area contributed by atoms with Crippen molar-refractivity contribution in [1.82, 2.24) is 0 Å². The van der Waals surface area contributed by atoms with Crippen LogP contribution >= 0.6 is 0 Å². The minimum atomic E-state index is -0.834. The Morgan fingerprint density at radius 1 is 1.09 bits per heavy atom. The molecule has 1 atom stereocenters. The predicted octanol–water partition coefficient (Wildman–Crippen LogP) is 3.13. The van der Waals surface area contributed by atoms with E-state index < -0.39 is 28.3 Å². The number of rotatable bonds is 8. The number of esters is 1. The van der Waals surface area contributed by atoms with Gasteiger partial charge in [-0.2, -0.15) is 0 Å². The smallest absolute Gasteiger partial charge is 0.396 e. The first kappa shape index (κ1) is 23.3. The molecule has 3 rings (SSSR count). The maximum absolute atomic E-state index is 13.5. The third-order valence-electron chi connectivity index (χ3n) is 4.67. The molecule has 0 saturated carbocycles. The number of halogens is 1. The first-order chi connectivity index (χ1) is 15.3. The zero-order valence-corrected chi connectivity index (χ0v) is 18.7. The molecule has 0 amide bonds. The molecular formula is C22H22FO8S+. The van der Waals surface area contributed by atoms with E-state index in [0.29, 0.717) is 17.2 Å². The zero-order chi connectivity index (χ0) is 23.4. The van der Waals surface area contributed by atoms with Crippen LogP contribution in [-0.4, -0.2) is 51.0 Å². The lowest BCUT2D eigenvalue weighted by Crippen LogP contribution is -2.20. The van der Waals surface area contributed by atoms with Crippen molar-refractivity contribution in [2.75, 3.05) is 39.9 Å². The topological polar surface area (TPSA) is 104 Å². The third kappa shape index (κ3) is 4.59. The van der Waals surface area contributed by atoms with Crippen LogP contribution < -0.4 is 19.8 Å². The maximum atomic E-state index is 13.5. The fourth-order valence-corrected chi connectivity index (χ4v) is 4.40. The fraction of sp³-hybridized carbons (Fsp3) is 0.273. The van der Waals surface area contributed by atoms with Crippen LogP contribution in [0.3, 0.4) is 0 Å². The van der Waals surface area contributed by atoms with Crippen molar-refractivity contribution >= 4 is 27.8 Å². The number of aromatic hydroxyl groups is 1. The minimum absolute atomic E-state index is 0.0203. The summed E-state index contributed by atoms with van der Waals surface area (Å²) >= 11 is 0. The molecule has 170 valence electrons. The summed E-state index contributed by atoms with van der Waals surface area (Å²) < 4.78 is 39.8. The van der Waals surface area contributed by atoms with Crippen molar-refractivity contribution in [1.29, 1.82) is 0 Å². The lowest BCUT2D eigenvalue weighted by molar-refractivity contribution is 0.0529. The Balaban J connectivity index is 1.75. The van der Waals surface area contributed by atoms with Crippen molar-refractivity contribution < 1.29 is 37.7 Å². The maximum Gasteiger partial charge on any atom is 0.396 e. The number of hydrogen-bond acceptors (Lipinski definition) is 8. The number of hydrogen-bond donors (Lipinski definition) is 1. The van der Waals surface area contributed by atoms with Gasteiger partial charge in [0.1, 0.15) is 30.0 Å². The molecule has 1 heterocycles. The van der Waals surface area contributed by atoms with Gasteiger partial charge in [-0.25, -0.2) is 14.0 Å². The van der Waals surface area contributed by atoms with Crippen LogP contribution in [0.1, 0.15) is 10.4 Å². The average molecular weight is 465 g/mol. The van der Waals surface area contributed by atoms with E-state index in [0.717, 1.165) is 12.1 Å². The van der Waals surface area contributed by atoms with Crippen LogP contribution in [0.2, 0.25) is 0 Å². The number of methoxy groups -OCH3 is 3. The van der Waals surface area contributed by atoms with Gasteiger partial charge in [-0.15, -0.1) is 0 Å². The van der Waals surface area contributed by atoms with Gasteiger partial charge in [-0.3, -0.25) is 0 Å². The van der Waals surface area contributed by atoms with Crippen LogP contribution in [0.5, 0.6) is 23.0 Å². The molecule has 3 aromatic rings. The average Bonchev–Trinajstić information content (AvgIpc) is 2.78. The normalized spacial score (nSPS) is 11.8. The molecule has 1 unspecified atom stereocenters. The van der Waals surface area contributed by atoms with Gasteiger partial charge in [-0.1, -0.05) is 0 Å². The Bertz CT molecular complexity index is 1180. The minimum Gasteiger partial charge on any atom is -0.503 e. The SMILES string of the molecule is COc1cc(C(=O)OCC[S+](C)c2c(O)c3cc(F)ccc3oc2=O)cc(OC)c1OC. The van der Waals surface area contributed by atoms with E-state index >= 15 is 0 Å². The lowest BCUT2D eigenvalue weighted by Gasteiger charge is -2.13. The molecule has 1 N–H and O–H groups in total. The van der Waals surface area contributed by atoms with Gasteiger partial charge in [0.2, 0.25) is 5.75 Å². The van der Waals surface area contributed by atoms with E-state index in [2.05, 4.69) is 0 Å². The molecule has 0 aliphatic heterocycles. The molecule has 0 saturated heterocycles. The Kier molecular flexibility index (Phi) is 7.14. The summed E-state index contributed by atoms with van der Waals surface area (Å²) in [7, 11) is 3.48. The number of ether oxygens (including phenoxy) is 4. The molecule has 10 heteroatoms. The van der Waals surface area contributed by atoms with Gasteiger partial charge in [0, 0.05) is 10.9 Å². The molecule has 2 aromatic carbocycles. The van der Waals surface area contributed by atoms with Crippen LogP contribution in [0.15, 0.2) is 44.4 Å². The zero-order valence-electron chi connectivity index (χ0n) is 17.9. The highest BCUT2D eigenvalue weighted by Crippen LogP contribution is 2.38.